The SMILES string of the molecule is COc1cc(C(=O)N2CC(CO)OC(C)(C)C2)ccc1F. The highest BCUT2D eigenvalue weighted by atomic mass is 19.1. The van der Waals surface area contributed by atoms with Gasteiger partial charge in [0.1, 0.15) is 0 Å². The van der Waals surface area contributed by atoms with E-state index in [4.69, 9.17) is 9.47 Å². The molecule has 0 spiro atoms. The van der Waals surface area contributed by atoms with Crippen molar-refractivity contribution in [3.05, 3.63) is 29.6 Å². The van der Waals surface area contributed by atoms with Gasteiger partial charge in [0.15, 0.2) is 11.6 Å². The van der Waals surface area contributed by atoms with Crippen molar-refractivity contribution in [1.82, 2.24) is 4.90 Å². The molecule has 5 nitrogen and oxygen atoms in total. The second kappa shape index (κ2) is 5.99. The molecular weight excluding hydrogens is 277 g/mol. The van der Waals surface area contributed by atoms with Gasteiger partial charge >= 0.3 is 0 Å². The summed E-state index contributed by atoms with van der Waals surface area (Å²) in [5.41, 5.74) is -0.187. The fourth-order valence-electron chi connectivity index (χ4n) is 2.52. The molecule has 1 saturated heterocycles. The predicted octanol–water partition coefficient (Wildman–Crippen LogP) is 1.45. The number of hydrogen-bond donors (Lipinski definition) is 1. The van der Waals surface area contributed by atoms with Crippen LogP contribution in [0.15, 0.2) is 18.2 Å². The summed E-state index contributed by atoms with van der Waals surface area (Å²) in [7, 11) is 1.35. The molecule has 1 aliphatic heterocycles. The van der Waals surface area contributed by atoms with Crippen molar-refractivity contribution in [2.75, 3.05) is 26.8 Å². The minimum absolute atomic E-state index is 0.0343. The lowest BCUT2D eigenvalue weighted by Crippen LogP contribution is -2.55. The second-order valence-electron chi connectivity index (χ2n) is 5.72. The van der Waals surface area contributed by atoms with Crippen molar-refractivity contribution < 1.29 is 23.8 Å². The van der Waals surface area contributed by atoms with Crippen LogP contribution in [0.2, 0.25) is 0 Å². The largest absolute Gasteiger partial charge is 0.494 e. The van der Waals surface area contributed by atoms with E-state index in [1.54, 1.807) is 4.90 Å². The van der Waals surface area contributed by atoms with E-state index in [0.717, 1.165) is 0 Å². The molecule has 0 aromatic heterocycles. The van der Waals surface area contributed by atoms with Crippen LogP contribution >= 0.6 is 0 Å². The summed E-state index contributed by atoms with van der Waals surface area (Å²) in [4.78, 5) is 14.1. The maximum absolute atomic E-state index is 13.4. The van der Waals surface area contributed by atoms with Crippen molar-refractivity contribution in [1.29, 1.82) is 0 Å². The van der Waals surface area contributed by atoms with Crippen LogP contribution in [0.1, 0.15) is 24.2 Å². The van der Waals surface area contributed by atoms with Crippen LogP contribution in [-0.4, -0.2) is 54.4 Å². The third kappa shape index (κ3) is 3.51. The van der Waals surface area contributed by atoms with E-state index in [2.05, 4.69) is 0 Å². The van der Waals surface area contributed by atoms with E-state index in [1.165, 1.54) is 25.3 Å². The van der Waals surface area contributed by atoms with E-state index in [-0.39, 0.29) is 18.3 Å². The molecule has 1 aliphatic rings. The fraction of sp³-hybridized carbons (Fsp3) is 0.533. The van der Waals surface area contributed by atoms with Crippen LogP contribution in [0.4, 0.5) is 4.39 Å². The smallest absolute Gasteiger partial charge is 0.254 e. The maximum atomic E-state index is 13.4. The number of hydrogen-bond acceptors (Lipinski definition) is 4. The van der Waals surface area contributed by atoms with Gasteiger partial charge in [-0.15, -0.1) is 0 Å². The molecule has 0 aliphatic carbocycles. The summed E-state index contributed by atoms with van der Waals surface area (Å²) in [5.74, 6) is -0.709. The van der Waals surface area contributed by atoms with Crippen molar-refractivity contribution in [3.63, 3.8) is 0 Å². The summed E-state index contributed by atoms with van der Waals surface area (Å²) >= 11 is 0. The van der Waals surface area contributed by atoms with Gasteiger partial charge in [-0.05, 0) is 32.0 Å². The van der Waals surface area contributed by atoms with Crippen molar-refractivity contribution in [2.45, 2.75) is 25.6 Å². The predicted molar refractivity (Wildman–Crippen MR) is 74.9 cm³/mol. The number of benzene rings is 1. The lowest BCUT2D eigenvalue weighted by atomic mass is 10.0. The molecule has 0 saturated carbocycles. The van der Waals surface area contributed by atoms with Gasteiger partial charge < -0.3 is 19.5 Å². The first-order chi connectivity index (χ1) is 9.86. The van der Waals surface area contributed by atoms with Crippen molar-refractivity contribution >= 4 is 5.91 Å². The number of halogens is 1. The van der Waals surface area contributed by atoms with Gasteiger partial charge in [0.05, 0.1) is 25.4 Å². The van der Waals surface area contributed by atoms with E-state index >= 15 is 0 Å². The van der Waals surface area contributed by atoms with E-state index in [1.807, 2.05) is 13.8 Å². The van der Waals surface area contributed by atoms with Gasteiger partial charge in [-0.1, -0.05) is 0 Å². The average molecular weight is 297 g/mol. The number of nitrogens with zero attached hydrogens (tertiary/aromatic N) is 1. The van der Waals surface area contributed by atoms with Crippen LogP contribution < -0.4 is 4.74 Å². The lowest BCUT2D eigenvalue weighted by Gasteiger charge is -2.42. The molecule has 0 radical (unpaired) electrons. The van der Waals surface area contributed by atoms with E-state index in [9.17, 15) is 14.3 Å². The highest BCUT2D eigenvalue weighted by molar-refractivity contribution is 5.94. The number of morpholine rings is 1. The van der Waals surface area contributed by atoms with Gasteiger partial charge in [-0.2, -0.15) is 0 Å². The molecule has 1 unspecified atom stereocenters. The number of rotatable bonds is 3. The first-order valence-corrected chi connectivity index (χ1v) is 6.78. The quantitative estimate of drug-likeness (QED) is 0.917. The molecule has 21 heavy (non-hydrogen) atoms. The Labute approximate surface area is 123 Å². The zero-order valence-corrected chi connectivity index (χ0v) is 12.4. The second-order valence-corrected chi connectivity index (χ2v) is 5.72. The lowest BCUT2D eigenvalue weighted by molar-refractivity contribution is -0.139. The zero-order chi connectivity index (χ0) is 15.6. The number of amides is 1. The number of ether oxygens (including phenoxy) is 2. The zero-order valence-electron chi connectivity index (χ0n) is 12.4. The Bertz CT molecular complexity index is 532. The van der Waals surface area contributed by atoms with Gasteiger partial charge in [-0.25, -0.2) is 4.39 Å². The Morgan fingerprint density at radius 3 is 2.90 bits per heavy atom. The molecule has 1 heterocycles. The minimum atomic E-state index is -0.536. The number of carbonyl (C=O) groups excluding carboxylic acids is 1. The Morgan fingerprint density at radius 2 is 2.29 bits per heavy atom. The standard InChI is InChI=1S/C15H20FNO4/c1-15(2)9-17(7-11(8-18)21-15)14(19)10-4-5-12(16)13(6-10)20-3/h4-6,11,18H,7-9H2,1-3H3. The molecule has 1 aromatic rings. The van der Waals surface area contributed by atoms with Crippen LogP contribution in [0.3, 0.4) is 0 Å². The summed E-state index contributed by atoms with van der Waals surface area (Å²) in [5, 5.41) is 9.28. The molecule has 116 valence electrons. The summed E-state index contributed by atoms with van der Waals surface area (Å²) in [6.45, 7) is 4.28. The number of carbonyl (C=O) groups is 1. The Hall–Kier alpha value is -1.66. The monoisotopic (exact) mass is 297 g/mol. The summed E-state index contributed by atoms with van der Waals surface area (Å²) < 4.78 is 24.0. The molecule has 1 N–H and O–H groups in total. The Kier molecular flexibility index (Phi) is 4.49. The van der Waals surface area contributed by atoms with E-state index in [0.29, 0.717) is 18.7 Å². The van der Waals surface area contributed by atoms with Crippen LogP contribution in [0.5, 0.6) is 5.75 Å². The van der Waals surface area contributed by atoms with Gasteiger partial charge in [0.2, 0.25) is 0 Å². The van der Waals surface area contributed by atoms with Crippen molar-refractivity contribution in [3.8, 4) is 5.75 Å². The first kappa shape index (κ1) is 15.7. The highest BCUT2D eigenvalue weighted by Crippen LogP contribution is 2.24. The van der Waals surface area contributed by atoms with Crippen LogP contribution in [0.25, 0.3) is 0 Å². The van der Waals surface area contributed by atoms with Crippen molar-refractivity contribution in [2.24, 2.45) is 0 Å². The highest BCUT2D eigenvalue weighted by Gasteiger charge is 2.35. The molecular formula is C15H20FNO4. The Morgan fingerprint density at radius 1 is 1.57 bits per heavy atom. The summed E-state index contributed by atoms with van der Waals surface area (Å²) in [6.07, 6.45) is -0.417. The molecule has 1 amide bonds. The normalized spacial score (nSPS) is 21.2. The molecule has 2 rings (SSSR count). The average Bonchev–Trinajstić information content (AvgIpc) is 2.45. The minimum Gasteiger partial charge on any atom is -0.494 e. The van der Waals surface area contributed by atoms with Gasteiger partial charge in [0.25, 0.3) is 5.91 Å². The third-order valence-corrected chi connectivity index (χ3v) is 3.37. The maximum Gasteiger partial charge on any atom is 0.254 e. The molecule has 1 aromatic carbocycles. The van der Waals surface area contributed by atoms with Gasteiger partial charge in [-0.3, -0.25) is 4.79 Å². The third-order valence-electron chi connectivity index (χ3n) is 3.37. The summed E-state index contributed by atoms with van der Waals surface area (Å²) in [6, 6.07) is 4.02. The van der Waals surface area contributed by atoms with Gasteiger partial charge in [0, 0.05) is 18.7 Å². The van der Waals surface area contributed by atoms with Crippen LogP contribution in [0, 0.1) is 5.82 Å². The number of aliphatic hydroxyl groups excluding tert-OH is 1. The number of methoxy groups -OCH3 is 1. The Balaban J connectivity index is 2.22. The molecule has 0 bridgehead atoms. The van der Waals surface area contributed by atoms with Crippen LogP contribution in [-0.2, 0) is 4.74 Å². The van der Waals surface area contributed by atoms with E-state index < -0.39 is 17.5 Å². The topological polar surface area (TPSA) is 59.0 Å². The number of aliphatic hydroxyl groups is 1. The first-order valence-electron chi connectivity index (χ1n) is 6.78. The fourth-order valence-corrected chi connectivity index (χ4v) is 2.52. The molecule has 1 fully saturated rings. The molecule has 6 heteroatoms. The molecule has 1 atom stereocenters.